The average Bonchev–Trinajstić information content (AvgIpc) is 2.37. The van der Waals surface area contributed by atoms with Gasteiger partial charge in [-0.15, -0.1) is 0 Å². The highest BCUT2D eigenvalue weighted by Crippen LogP contribution is 2.28. The molecular formula is C18H22O2. The second kappa shape index (κ2) is 5.58. The van der Waals surface area contributed by atoms with E-state index in [9.17, 15) is 10.2 Å². The van der Waals surface area contributed by atoms with Crippen LogP contribution in [0, 0.1) is 27.7 Å². The minimum Gasteiger partial charge on any atom is -0.507 e. The van der Waals surface area contributed by atoms with E-state index in [1.807, 2.05) is 52.0 Å². The quantitative estimate of drug-likeness (QED) is 0.881. The summed E-state index contributed by atoms with van der Waals surface area (Å²) in [5.41, 5.74) is 6.01. The lowest BCUT2D eigenvalue weighted by Gasteiger charge is -2.11. The Labute approximate surface area is 120 Å². The van der Waals surface area contributed by atoms with Gasteiger partial charge in [-0.05, 0) is 62.8 Å². The summed E-state index contributed by atoms with van der Waals surface area (Å²) in [6.45, 7) is 7.90. The molecule has 106 valence electrons. The van der Waals surface area contributed by atoms with Gasteiger partial charge in [0.2, 0.25) is 0 Å². The minimum atomic E-state index is 0.375. The number of aryl methyl sites for hydroxylation is 6. The summed E-state index contributed by atoms with van der Waals surface area (Å²) >= 11 is 0. The third kappa shape index (κ3) is 2.96. The Hall–Kier alpha value is -1.96. The Balaban J connectivity index is 2.26. The first-order valence-corrected chi connectivity index (χ1v) is 6.96. The number of phenolic OH excluding ortho intramolecular Hbond substituents is 2. The van der Waals surface area contributed by atoms with Crippen LogP contribution in [0.1, 0.15) is 33.4 Å². The summed E-state index contributed by atoms with van der Waals surface area (Å²) < 4.78 is 0. The maximum atomic E-state index is 10.1. The fourth-order valence-corrected chi connectivity index (χ4v) is 2.75. The van der Waals surface area contributed by atoms with E-state index in [-0.39, 0.29) is 0 Å². The zero-order valence-electron chi connectivity index (χ0n) is 12.6. The van der Waals surface area contributed by atoms with Crippen molar-refractivity contribution in [3.05, 3.63) is 57.6 Å². The van der Waals surface area contributed by atoms with E-state index >= 15 is 0 Å². The van der Waals surface area contributed by atoms with E-state index in [2.05, 4.69) is 0 Å². The van der Waals surface area contributed by atoms with Crippen LogP contribution < -0.4 is 0 Å². The number of aromatic hydroxyl groups is 2. The minimum absolute atomic E-state index is 0.375. The Bertz CT molecular complexity index is 585. The van der Waals surface area contributed by atoms with Crippen LogP contribution in [-0.2, 0) is 12.8 Å². The van der Waals surface area contributed by atoms with Gasteiger partial charge in [-0.25, -0.2) is 0 Å². The molecule has 20 heavy (non-hydrogen) atoms. The van der Waals surface area contributed by atoms with Crippen molar-refractivity contribution in [2.45, 2.75) is 40.5 Å². The molecule has 0 unspecified atom stereocenters. The van der Waals surface area contributed by atoms with Crippen molar-refractivity contribution in [1.82, 2.24) is 0 Å². The zero-order chi connectivity index (χ0) is 14.9. The van der Waals surface area contributed by atoms with Crippen LogP contribution in [0.4, 0.5) is 0 Å². The molecule has 2 rings (SSSR count). The predicted molar refractivity (Wildman–Crippen MR) is 82.6 cm³/mol. The Kier molecular flexibility index (Phi) is 4.03. The van der Waals surface area contributed by atoms with Gasteiger partial charge in [0.05, 0.1) is 0 Å². The van der Waals surface area contributed by atoms with Crippen molar-refractivity contribution in [2.24, 2.45) is 0 Å². The van der Waals surface area contributed by atoms with Crippen molar-refractivity contribution < 1.29 is 10.2 Å². The molecule has 0 aliphatic rings. The molecule has 0 amide bonds. The maximum Gasteiger partial charge on any atom is 0.121 e. The molecule has 0 atom stereocenters. The van der Waals surface area contributed by atoms with E-state index in [1.54, 1.807) is 0 Å². The predicted octanol–water partition coefficient (Wildman–Crippen LogP) is 4.12. The molecule has 0 bridgehead atoms. The van der Waals surface area contributed by atoms with Gasteiger partial charge in [0.1, 0.15) is 11.5 Å². The summed E-state index contributed by atoms with van der Waals surface area (Å²) in [4.78, 5) is 0. The summed E-state index contributed by atoms with van der Waals surface area (Å²) in [5, 5.41) is 20.2. The number of hydrogen-bond acceptors (Lipinski definition) is 2. The SMILES string of the molecule is Cc1cc(C)c(O)c(CCc2cc(C)cc(C)c2O)c1. The molecule has 2 aromatic rings. The molecule has 2 aromatic carbocycles. The van der Waals surface area contributed by atoms with Crippen molar-refractivity contribution in [2.75, 3.05) is 0 Å². The lowest BCUT2D eigenvalue weighted by Crippen LogP contribution is -1.96. The first kappa shape index (κ1) is 14.4. The van der Waals surface area contributed by atoms with Crippen molar-refractivity contribution in [3.63, 3.8) is 0 Å². The molecule has 0 saturated heterocycles. The Morgan fingerprint density at radius 3 is 1.35 bits per heavy atom. The highest BCUT2D eigenvalue weighted by atomic mass is 16.3. The summed E-state index contributed by atoms with van der Waals surface area (Å²) in [5.74, 6) is 0.749. The van der Waals surface area contributed by atoms with Crippen LogP contribution in [0.3, 0.4) is 0 Å². The van der Waals surface area contributed by atoms with Crippen molar-refractivity contribution >= 4 is 0 Å². The molecule has 0 heterocycles. The van der Waals surface area contributed by atoms with E-state index < -0.39 is 0 Å². The normalized spacial score (nSPS) is 10.8. The monoisotopic (exact) mass is 270 g/mol. The molecule has 0 fully saturated rings. The molecule has 0 radical (unpaired) electrons. The fraction of sp³-hybridized carbons (Fsp3) is 0.333. The molecule has 0 spiro atoms. The number of rotatable bonds is 3. The highest BCUT2D eigenvalue weighted by Gasteiger charge is 2.09. The van der Waals surface area contributed by atoms with Crippen LogP contribution in [-0.4, -0.2) is 10.2 Å². The van der Waals surface area contributed by atoms with Gasteiger partial charge < -0.3 is 10.2 Å². The highest BCUT2D eigenvalue weighted by molar-refractivity contribution is 5.45. The molecule has 2 N–H and O–H groups in total. The topological polar surface area (TPSA) is 40.5 Å². The zero-order valence-corrected chi connectivity index (χ0v) is 12.6. The van der Waals surface area contributed by atoms with Crippen LogP contribution >= 0.6 is 0 Å². The first-order valence-electron chi connectivity index (χ1n) is 6.96. The van der Waals surface area contributed by atoms with Crippen LogP contribution in [0.15, 0.2) is 24.3 Å². The van der Waals surface area contributed by atoms with Gasteiger partial charge in [-0.2, -0.15) is 0 Å². The second-order valence-electron chi connectivity index (χ2n) is 5.68. The number of benzene rings is 2. The lowest BCUT2D eigenvalue weighted by molar-refractivity contribution is 0.458. The van der Waals surface area contributed by atoms with E-state index in [0.29, 0.717) is 11.5 Å². The standard InChI is InChI=1S/C18H22O2/c1-11-7-13(3)17(19)15(9-11)5-6-16-10-12(2)8-14(4)18(16)20/h7-10,19-20H,5-6H2,1-4H3. The molecular weight excluding hydrogens is 248 g/mol. The summed E-state index contributed by atoms with van der Waals surface area (Å²) in [6.07, 6.45) is 1.45. The summed E-state index contributed by atoms with van der Waals surface area (Å²) in [7, 11) is 0. The number of phenols is 2. The van der Waals surface area contributed by atoms with Crippen LogP contribution in [0.25, 0.3) is 0 Å². The second-order valence-corrected chi connectivity index (χ2v) is 5.68. The molecule has 0 aromatic heterocycles. The Morgan fingerprint density at radius 1 is 0.650 bits per heavy atom. The average molecular weight is 270 g/mol. The van der Waals surface area contributed by atoms with Gasteiger partial charge in [0.25, 0.3) is 0 Å². The molecule has 2 nitrogen and oxygen atoms in total. The van der Waals surface area contributed by atoms with Gasteiger partial charge in [0.15, 0.2) is 0 Å². The molecule has 0 aliphatic carbocycles. The fourth-order valence-electron chi connectivity index (χ4n) is 2.75. The third-order valence-electron chi connectivity index (χ3n) is 3.71. The third-order valence-corrected chi connectivity index (χ3v) is 3.71. The molecule has 2 heteroatoms. The van der Waals surface area contributed by atoms with Gasteiger partial charge >= 0.3 is 0 Å². The first-order chi connectivity index (χ1) is 9.38. The maximum absolute atomic E-state index is 10.1. The van der Waals surface area contributed by atoms with Gasteiger partial charge in [0, 0.05) is 0 Å². The largest absolute Gasteiger partial charge is 0.507 e. The van der Waals surface area contributed by atoms with Gasteiger partial charge in [-0.3, -0.25) is 0 Å². The van der Waals surface area contributed by atoms with E-state index in [4.69, 9.17) is 0 Å². The van der Waals surface area contributed by atoms with Gasteiger partial charge in [-0.1, -0.05) is 35.4 Å². The van der Waals surface area contributed by atoms with E-state index in [0.717, 1.165) is 46.2 Å². The van der Waals surface area contributed by atoms with Crippen LogP contribution in [0.2, 0.25) is 0 Å². The van der Waals surface area contributed by atoms with Crippen molar-refractivity contribution in [3.8, 4) is 11.5 Å². The molecule has 0 aliphatic heterocycles. The lowest BCUT2D eigenvalue weighted by atomic mass is 9.97. The summed E-state index contributed by atoms with van der Waals surface area (Å²) in [6, 6.07) is 7.99. The number of hydrogen-bond donors (Lipinski definition) is 2. The molecule has 0 saturated carbocycles. The van der Waals surface area contributed by atoms with E-state index in [1.165, 1.54) is 0 Å². The van der Waals surface area contributed by atoms with Crippen molar-refractivity contribution in [1.29, 1.82) is 0 Å². The smallest absolute Gasteiger partial charge is 0.121 e. The van der Waals surface area contributed by atoms with Crippen LogP contribution in [0.5, 0.6) is 11.5 Å². The Morgan fingerprint density at radius 2 is 1.00 bits per heavy atom.